The highest BCUT2D eigenvalue weighted by atomic mass is 16.6. The van der Waals surface area contributed by atoms with Gasteiger partial charge in [0.15, 0.2) is 0 Å². The first kappa shape index (κ1) is 18.8. The van der Waals surface area contributed by atoms with Crippen molar-refractivity contribution in [1.82, 2.24) is 4.90 Å². The van der Waals surface area contributed by atoms with Crippen molar-refractivity contribution in [3.05, 3.63) is 29.8 Å². The average molecular weight is 371 g/mol. The Morgan fingerprint density at radius 3 is 2.52 bits per heavy atom. The first-order chi connectivity index (χ1) is 13.1. The molecule has 148 valence electrons. The fourth-order valence-electron chi connectivity index (χ4n) is 5.26. The number of hydrogen-bond acceptors (Lipinski definition) is 4. The molecule has 4 rings (SSSR count). The normalized spacial score (nSPS) is 25.5. The van der Waals surface area contributed by atoms with E-state index in [2.05, 4.69) is 47.9 Å². The van der Waals surface area contributed by atoms with Gasteiger partial charge in [-0.2, -0.15) is 0 Å². The van der Waals surface area contributed by atoms with Gasteiger partial charge in [0.25, 0.3) is 0 Å². The Bertz CT molecular complexity index is 658. The van der Waals surface area contributed by atoms with Crippen LogP contribution in [0.15, 0.2) is 24.3 Å². The van der Waals surface area contributed by atoms with E-state index in [4.69, 9.17) is 4.74 Å². The summed E-state index contributed by atoms with van der Waals surface area (Å²) in [5.41, 5.74) is 2.75. The van der Waals surface area contributed by atoms with Crippen molar-refractivity contribution < 1.29 is 9.53 Å². The van der Waals surface area contributed by atoms with Crippen molar-refractivity contribution in [1.29, 1.82) is 0 Å². The number of benzene rings is 1. The second-order valence-corrected chi connectivity index (χ2v) is 9.05. The summed E-state index contributed by atoms with van der Waals surface area (Å²) in [6, 6.07) is 8.83. The quantitative estimate of drug-likeness (QED) is 0.727. The fourth-order valence-corrected chi connectivity index (χ4v) is 5.26. The maximum absolute atomic E-state index is 12.3. The summed E-state index contributed by atoms with van der Waals surface area (Å²) in [6.45, 7) is 9.95. The van der Waals surface area contributed by atoms with Crippen LogP contribution >= 0.6 is 0 Å². The number of ether oxygens (including phenoxy) is 1. The second-order valence-electron chi connectivity index (χ2n) is 9.05. The molecule has 1 spiro atoms. The van der Waals surface area contributed by atoms with Gasteiger partial charge in [-0.05, 0) is 36.8 Å². The van der Waals surface area contributed by atoms with Crippen LogP contribution in [0.2, 0.25) is 0 Å². The van der Waals surface area contributed by atoms with Gasteiger partial charge in [0.05, 0.1) is 5.41 Å². The van der Waals surface area contributed by atoms with E-state index in [1.807, 2.05) is 0 Å². The molecule has 0 aromatic heterocycles. The fraction of sp³-hybridized carbons (Fsp3) is 0.696. The number of nitrogens with zero attached hydrogens (tertiary/aromatic N) is 2. The second kappa shape index (κ2) is 7.83. The molecule has 3 fully saturated rings. The van der Waals surface area contributed by atoms with Gasteiger partial charge in [0, 0.05) is 44.8 Å². The van der Waals surface area contributed by atoms with Gasteiger partial charge in [0.2, 0.25) is 0 Å². The number of esters is 1. The van der Waals surface area contributed by atoms with Gasteiger partial charge in [-0.25, -0.2) is 0 Å². The Kier molecular flexibility index (Phi) is 5.45. The molecule has 0 bridgehead atoms. The van der Waals surface area contributed by atoms with Gasteiger partial charge in [-0.15, -0.1) is 0 Å². The molecule has 1 atom stereocenters. The molecule has 27 heavy (non-hydrogen) atoms. The minimum absolute atomic E-state index is 0.0973. The van der Waals surface area contributed by atoms with Crippen molar-refractivity contribution in [3.63, 3.8) is 0 Å². The van der Waals surface area contributed by atoms with Gasteiger partial charge in [-0.1, -0.05) is 44.9 Å². The largest absolute Gasteiger partial charge is 0.462 e. The highest BCUT2D eigenvalue weighted by Crippen LogP contribution is 2.48. The molecular formula is C23H34N2O2. The number of para-hydroxylation sites is 1. The molecule has 4 heteroatoms. The number of cyclic esters (lactones) is 1. The minimum Gasteiger partial charge on any atom is -0.462 e. The van der Waals surface area contributed by atoms with Crippen molar-refractivity contribution in [3.8, 4) is 0 Å². The van der Waals surface area contributed by atoms with E-state index in [1.54, 1.807) is 0 Å². The summed E-state index contributed by atoms with van der Waals surface area (Å²) in [6.07, 6.45) is 6.61. The van der Waals surface area contributed by atoms with E-state index in [1.165, 1.54) is 24.1 Å². The predicted octanol–water partition coefficient (Wildman–Crippen LogP) is 4.20. The number of piperazine rings is 1. The zero-order valence-electron chi connectivity index (χ0n) is 17.0. The molecule has 1 aliphatic carbocycles. The number of hydrogen-bond donors (Lipinski definition) is 0. The van der Waals surface area contributed by atoms with Crippen LogP contribution in [0.3, 0.4) is 0 Å². The lowest BCUT2D eigenvalue weighted by atomic mass is 9.83. The van der Waals surface area contributed by atoms with Crippen LogP contribution in [-0.4, -0.2) is 49.7 Å². The molecule has 0 N–H and O–H groups in total. The molecule has 4 nitrogen and oxygen atoms in total. The maximum Gasteiger partial charge on any atom is 0.312 e. The molecule has 1 aromatic rings. The van der Waals surface area contributed by atoms with Crippen LogP contribution in [0.1, 0.15) is 63.9 Å². The third kappa shape index (κ3) is 3.87. The Labute approximate surface area is 163 Å². The van der Waals surface area contributed by atoms with Crippen molar-refractivity contribution in [2.45, 2.75) is 64.4 Å². The lowest BCUT2D eigenvalue weighted by Gasteiger charge is -2.37. The zero-order valence-corrected chi connectivity index (χ0v) is 17.0. The molecular weight excluding hydrogens is 336 g/mol. The summed E-state index contributed by atoms with van der Waals surface area (Å²) < 4.78 is 5.75. The van der Waals surface area contributed by atoms with Crippen LogP contribution in [0.5, 0.6) is 0 Å². The molecule has 2 aliphatic heterocycles. The zero-order chi connectivity index (χ0) is 18.9. The number of rotatable bonds is 5. The Morgan fingerprint density at radius 2 is 1.81 bits per heavy atom. The molecule has 0 radical (unpaired) electrons. The predicted molar refractivity (Wildman–Crippen MR) is 109 cm³/mol. The van der Waals surface area contributed by atoms with E-state index < -0.39 is 0 Å². The van der Waals surface area contributed by atoms with Crippen molar-refractivity contribution >= 4 is 11.7 Å². The van der Waals surface area contributed by atoms with Gasteiger partial charge < -0.3 is 9.64 Å². The molecule has 2 heterocycles. The SMILES string of the molecule is CC(C)c1ccccc1N1CCN(CCC2CC3(CCCC3)C(=O)O2)CC1. The molecule has 1 unspecified atom stereocenters. The van der Waals surface area contributed by atoms with Crippen LogP contribution < -0.4 is 4.90 Å². The van der Waals surface area contributed by atoms with E-state index in [-0.39, 0.29) is 17.5 Å². The van der Waals surface area contributed by atoms with Crippen LogP contribution in [0.4, 0.5) is 5.69 Å². The van der Waals surface area contributed by atoms with Crippen LogP contribution in [-0.2, 0) is 9.53 Å². The van der Waals surface area contributed by atoms with E-state index in [9.17, 15) is 4.79 Å². The third-order valence-electron chi connectivity index (χ3n) is 6.92. The lowest BCUT2D eigenvalue weighted by Crippen LogP contribution is -2.47. The monoisotopic (exact) mass is 370 g/mol. The van der Waals surface area contributed by atoms with E-state index in [0.29, 0.717) is 5.92 Å². The van der Waals surface area contributed by atoms with E-state index >= 15 is 0 Å². The molecule has 3 aliphatic rings. The maximum atomic E-state index is 12.3. The number of anilines is 1. The van der Waals surface area contributed by atoms with E-state index in [0.717, 1.165) is 58.4 Å². The minimum atomic E-state index is -0.107. The number of carbonyl (C=O) groups excluding carboxylic acids is 1. The Balaban J connectivity index is 1.26. The lowest BCUT2D eigenvalue weighted by molar-refractivity contribution is -0.148. The molecule has 0 amide bonds. The smallest absolute Gasteiger partial charge is 0.312 e. The van der Waals surface area contributed by atoms with Crippen molar-refractivity contribution in [2.24, 2.45) is 5.41 Å². The molecule has 1 aromatic carbocycles. The topological polar surface area (TPSA) is 32.8 Å². The van der Waals surface area contributed by atoms with Gasteiger partial charge in [-0.3, -0.25) is 9.69 Å². The number of carbonyl (C=O) groups is 1. The Morgan fingerprint density at radius 1 is 1.11 bits per heavy atom. The Hall–Kier alpha value is -1.55. The summed E-state index contributed by atoms with van der Waals surface area (Å²) in [4.78, 5) is 17.4. The molecule has 2 saturated heterocycles. The average Bonchev–Trinajstić information content (AvgIpc) is 3.28. The summed E-state index contributed by atoms with van der Waals surface area (Å²) >= 11 is 0. The summed E-state index contributed by atoms with van der Waals surface area (Å²) in [5.74, 6) is 0.652. The standard InChI is InChI=1S/C23H34N2O2/c1-18(2)20-7-3-4-8-21(20)25-15-13-24(14-16-25)12-9-19-17-23(22(26)27-19)10-5-6-11-23/h3-4,7-8,18-19H,5-6,9-17H2,1-2H3. The first-order valence-electron chi connectivity index (χ1n) is 10.8. The highest BCUT2D eigenvalue weighted by molar-refractivity contribution is 5.79. The molecule has 1 saturated carbocycles. The van der Waals surface area contributed by atoms with Gasteiger partial charge in [0.1, 0.15) is 6.10 Å². The van der Waals surface area contributed by atoms with Crippen molar-refractivity contribution in [2.75, 3.05) is 37.6 Å². The summed E-state index contributed by atoms with van der Waals surface area (Å²) in [5, 5.41) is 0. The van der Waals surface area contributed by atoms with Crippen LogP contribution in [0, 0.1) is 5.41 Å². The first-order valence-corrected chi connectivity index (χ1v) is 10.8. The van der Waals surface area contributed by atoms with Gasteiger partial charge >= 0.3 is 5.97 Å². The third-order valence-corrected chi connectivity index (χ3v) is 6.92. The highest BCUT2D eigenvalue weighted by Gasteiger charge is 2.50. The summed E-state index contributed by atoms with van der Waals surface area (Å²) in [7, 11) is 0. The van der Waals surface area contributed by atoms with Crippen LogP contribution in [0.25, 0.3) is 0 Å².